The summed E-state index contributed by atoms with van der Waals surface area (Å²) in [6.45, 7) is 3.47. The van der Waals surface area contributed by atoms with E-state index in [0.29, 0.717) is 37.4 Å². The second-order valence-electron chi connectivity index (χ2n) is 5.00. The number of methoxy groups -OCH3 is 1. The first-order valence-electron chi connectivity index (χ1n) is 7.70. The zero-order valence-electron chi connectivity index (χ0n) is 14.2. The van der Waals surface area contributed by atoms with Gasteiger partial charge in [-0.25, -0.2) is 0 Å². The van der Waals surface area contributed by atoms with Crippen LogP contribution in [-0.4, -0.2) is 43.5 Å². The number of guanidine groups is 1. The highest BCUT2D eigenvalue weighted by atomic mass is 16.5. The quantitative estimate of drug-likeness (QED) is 0.433. The lowest BCUT2D eigenvalue weighted by Gasteiger charge is -2.12. The van der Waals surface area contributed by atoms with E-state index in [-0.39, 0.29) is 0 Å². The predicted octanol–water partition coefficient (Wildman–Crippen LogP) is 1.98. The molecule has 1 aromatic carbocycles. The summed E-state index contributed by atoms with van der Waals surface area (Å²) >= 11 is 0. The Hall–Kier alpha value is -2.61. The van der Waals surface area contributed by atoms with Gasteiger partial charge in [0.2, 0.25) is 5.89 Å². The molecule has 0 radical (unpaired) electrons. The van der Waals surface area contributed by atoms with Crippen molar-refractivity contribution >= 4 is 11.6 Å². The molecular formula is C16H23N5O3. The Kier molecular flexibility index (Phi) is 7.03. The number of hydrogen-bond donors (Lipinski definition) is 2. The first-order chi connectivity index (χ1) is 11.7. The fourth-order valence-corrected chi connectivity index (χ4v) is 1.95. The normalized spacial score (nSPS) is 11.4. The van der Waals surface area contributed by atoms with Gasteiger partial charge in [-0.15, -0.1) is 0 Å². The van der Waals surface area contributed by atoms with Gasteiger partial charge >= 0.3 is 0 Å². The summed E-state index contributed by atoms with van der Waals surface area (Å²) in [7, 11) is 3.38. The summed E-state index contributed by atoms with van der Waals surface area (Å²) in [5.74, 6) is 2.51. The van der Waals surface area contributed by atoms with Crippen molar-refractivity contribution in [2.45, 2.75) is 19.9 Å². The molecule has 24 heavy (non-hydrogen) atoms. The molecule has 0 aliphatic carbocycles. The summed E-state index contributed by atoms with van der Waals surface area (Å²) in [5.41, 5.74) is 0.872. The van der Waals surface area contributed by atoms with E-state index in [1.54, 1.807) is 21.1 Å². The molecule has 2 N–H and O–H groups in total. The van der Waals surface area contributed by atoms with Crippen molar-refractivity contribution in [3.05, 3.63) is 36.0 Å². The van der Waals surface area contributed by atoms with Crippen molar-refractivity contribution in [2.24, 2.45) is 4.99 Å². The molecule has 2 rings (SSSR count). The van der Waals surface area contributed by atoms with Crippen molar-refractivity contribution in [3.63, 3.8) is 0 Å². The Morgan fingerprint density at radius 2 is 2.21 bits per heavy atom. The molecule has 0 bridgehead atoms. The van der Waals surface area contributed by atoms with Crippen LogP contribution in [0, 0.1) is 6.92 Å². The molecule has 0 saturated heterocycles. The maximum atomic E-state index is 5.68. The molecule has 0 fully saturated rings. The number of aliphatic imine (C=N–C) groups is 1. The van der Waals surface area contributed by atoms with Gasteiger partial charge < -0.3 is 24.6 Å². The molecule has 0 atom stereocenters. The summed E-state index contributed by atoms with van der Waals surface area (Å²) in [4.78, 5) is 8.31. The van der Waals surface area contributed by atoms with E-state index in [1.807, 2.05) is 24.3 Å². The second-order valence-corrected chi connectivity index (χ2v) is 5.00. The molecule has 0 saturated carbocycles. The molecule has 130 valence electrons. The van der Waals surface area contributed by atoms with Crippen LogP contribution in [0.15, 0.2) is 33.8 Å². The highest BCUT2D eigenvalue weighted by Gasteiger charge is 2.05. The number of ether oxygens (including phenoxy) is 2. The number of nitrogens with zero attached hydrogens (tertiary/aromatic N) is 3. The van der Waals surface area contributed by atoms with E-state index < -0.39 is 0 Å². The molecular weight excluding hydrogens is 310 g/mol. The number of aromatic nitrogens is 2. The predicted molar refractivity (Wildman–Crippen MR) is 91.3 cm³/mol. The molecule has 0 amide bonds. The SMILES string of the molecule is CN=C(NCc1noc(C)n1)Nc1cccc(OCCCOC)c1. The third-order valence-electron chi connectivity index (χ3n) is 3.07. The van der Waals surface area contributed by atoms with E-state index in [1.165, 1.54) is 0 Å². The van der Waals surface area contributed by atoms with Gasteiger partial charge in [0.25, 0.3) is 0 Å². The number of anilines is 1. The average Bonchev–Trinajstić information content (AvgIpc) is 3.01. The standard InChI is InChI=1S/C16H23N5O3/c1-12-19-15(21-24-12)11-18-16(17-2)20-13-6-4-7-14(10-13)23-9-5-8-22-3/h4,6-7,10H,5,8-9,11H2,1-3H3,(H2,17,18,20). The molecule has 8 heteroatoms. The Balaban J connectivity index is 1.86. The van der Waals surface area contributed by atoms with Crippen LogP contribution in [0.4, 0.5) is 5.69 Å². The van der Waals surface area contributed by atoms with Crippen molar-refractivity contribution < 1.29 is 14.0 Å². The maximum Gasteiger partial charge on any atom is 0.223 e. The van der Waals surface area contributed by atoms with Crippen molar-refractivity contribution in [1.29, 1.82) is 0 Å². The monoisotopic (exact) mass is 333 g/mol. The lowest BCUT2D eigenvalue weighted by Crippen LogP contribution is -2.30. The van der Waals surface area contributed by atoms with Crippen LogP contribution >= 0.6 is 0 Å². The smallest absolute Gasteiger partial charge is 0.223 e. The van der Waals surface area contributed by atoms with E-state index in [2.05, 4.69) is 25.8 Å². The zero-order valence-corrected chi connectivity index (χ0v) is 14.2. The highest BCUT2D eigenvalue weighted by molar-refractivity contribution is 5.93. The van der Waals surface area contributed by atoms with E-state index in [9.17, 15) is 0 Å². The molecule has 8 nitrogen and oxygen atoms in total. The summed E-state index contributed by atoms with van der Waals surface area (Å²) in [6, 6.07) is 7.69. The summed E-state index contributed by atoms with van der Waals surface area (Å²) in [5, 5.41) is 10.1. The first kappa shape index (κ1) is 17.7. The second kappa shape index (κ2) is 9.51. The third-order valence-corrected chi connectivity index (χ3v) is 3.07. The van der Waals surface area contributed by atoms with Crippen molar-refractivity contribution in [2.75, 3.05) is 32.7 Å². The number of hydrogen-bond acceptors (Lipinski definition) is 6. The number of rotatable bonds is 8. The molecule has 0 aliphatic rings. The van der Waals surface area contributed by atoms with Crippen LogP contribution < -0.4 is 15.4 Å². The van der Waals surface area contributed by atoms with Gasteiger partial charge in [-0.05, 0) is 12.1 Å². The van der Waals surface area contributed by atoms with E-state index >= 15 is 0 Å². The summed E-state index contributed by atoms with van der Waals surface area (Å²) < 4.78 is 15.6. The van der Waals surface area contributed by atoms with Gasteiger partial charge in [0.15, 0.2) is 11.8 Å². The Morgan fingerprint density at radius 3 is 2.92 bits per heavy atom. The number of nitrogens with one attached hydrogen (secondary N) is 2. The molecule has 0 spiro atoms. The van der Waals surface area contributed by atoms with Gasteiger partial charge in [-0.1, -0.05) is 11.2 Å². The molecule has 2 aromatic rings. The first-order valence-corrected chi connectivity index (χ1v) is 7.70. The molecule has 1 heterocycles. The van der Waals surface area contributed by atoms with Crippen LogP contribution in [0.3, 0.4) is 0 Å². The Bertz CT molecular complexity index is 657. The number of benzene rings is 1. The Labute approximate surface area is 141 Å². The molecule has 0 aliphatic heterocycles. The third kappa shape index (κ3) is 5.88. The van der Waals surface area contributed by atoms with Crippen LogP contribution in [0.25, 0.3) is 0 Å². The van der Waals surface area contributed by atoms with E-state index in [4.69, 9.17) is 14.0 Å². The van der Waals surface area contributed by atoms with Gasteiger partial charge in [-0.2, -0.15) is 4.98 Å². The van der Waals surface area contributed by atoms with Crippen LogP contribution in [-0.2, 0) is 11.3 Å². The number of aryl methyl sites for hydroxylation is 1. The van der Waals surface area contributed by atoms with Gasteiger partial charge in [0.05, 0.1) is 13.2 Å². The molecule has 1 aromatic heterocycles. The van der Waals surface area contributed by atoms with Crippen molar-refractivity contribution in [1.82, 2.24) is 15.5 Å². The fraction of sp³-hybridized carbons (Fsp3) is 0.438. The van der Waals surface area contributed by atoms with Crippen LogP contribution in [0.2, 0.25) is 0 Å². The van der Waals surface area contributed by atoms with Gasteiger partial charge in [-0.3, -0.25) is 4.99 Å². The zero-order chi connectivity index (χ0) is 17.2. The average molecular weight is 333 g/mol. The van der Waals surface area contributed by atoms with Crippen molar-refractivity contribution in [3.8, 4) is 5.75 Å². The topological polar surface area (TPSA) is 93.8 Å². The Morgan fingerprint density at radius 1 is 1.33 bits per heavy atom. The minimum absolute atomic E-state index is 0.421. The lowest BCUT2D eigenvalue weighted by atomic mass is 10.3. The minimum atomic E-state index is 0.421. The minimum Gasteiger partial charge on any atom is -0.493 e. The van der Waals surface area contributed by atoms with Crippen LogP contribution in [0.1, 0.15) is 18.1 Å². The van der Waals surface area contributed by atoms with Crippen LogP contribution in [0.5, 0.6) is 5.75 Å². The largest absolute Gasteiger partial charge is 0.493 e. The van der Waals surface area contributed by atoms with E-state index in [0.717, 1.165) is 17.9 Å². The highest BCUT2D eigenvalue weighted by Crippen LogP contribution is 2.17. The fourth-order valence-electron chi connectivity index (χ4n) is 1.95. The lowest BCUT2D eigenvalue weighted by molar-refractivity contribution is 0.172. The van der Waals surface area contributed by atoms with Gasteiger partial charge in [0.1, 0.15) is 5.75 Å². The summed E-state index contributed by atoms with van der Waals surface area (Å²) in [6.07, 6.45) is 0.849. The maximum absolute atomic E-state index is 5.68. The van der Waals surface area contributed by atoms with Gasteiger partial charge in [0, 0.05) is 45.9 Å². The molecule has 0 unspecified atom stereocenters.